The number of thioether (sulfide) groups is 1. The molecule has 7 nitrogen and oxygen atoms in total. The van der Waals surface area contributed by atoms with E-state index in [0.29, 0.717) is 11.3 Å². The molecule has 0 atom stereocenters. The highest BCUT2D eigenvalue weighted by atomic mass is 35.5. The summed E-state index contributed by atoms with van der Waals surface area (Å²) in [5.41, 5.74) is 5.90. The van der Waals surface area contributed by atoms with E-state index in [2.05, 4.69) is 0 Å². The van der Waals surface area contributed by atoms with Gasteiger partial charge in [0, 0.05) is 0 Å². The molecule has 0 radical (unpaired) electrons. The van der Waals surface area contributed by atoms with Crippen molar-refractivity contribution in [2.45, 2.75) is 0 Å². The van der Waals surface area contributed by atoms with Crippen LogP contribution in [-0.2, 0) is 9.59 Å². The minimum absolute atomic E-state index is 0.173. The van der Waals surface area contributed by atoms with Crippen LogP contribution in [0.2, 0.25) is 5.02 Å². The van der Waals surface area contributed by atoms with Crippen molar-refractivity contribution in [1.82, 2.24) is 4.90 Å². The Morgan fingerprint density at radius 3 is 2.43 bits per heavy atom. The van der Waals surface area contributed by atoms with Crippen LogP contribution in [0.5, 0.6) is 5.75 Å². The molecule has 0 aromatic heterocycles. The third-order valence-electron chi connectivity index (χ3n) is 3.67. The maximum absolute atomic E-state index is 12.2. The minimum Gasteiger partial charge on any atom is -0.423 e. The molecule has 0 bridgehead atoms. The predicted octanol–water partition coefficient (Wildman–Crippen LogP) is 3.08. The number of nitrogens with two attached hydrogens (primary N) is 1. The lowest BCUT2D eigenvalue weighted by atomic mass is 10.2. The third-order valence-corrected chi connectivity index (χ3v) is 4.91. The van der Waals surface area contributed by atoms with E-state index in [1.807, 2.05) is 0 Å². The Hall–Kier alpha value is -3.10. The highest BCUT2D eigenvalue weighted by Gasteiger charge is 2.35. The molecule has 28 heavy (non-hydrogen) atoms. The van der Waals surface area contributed by atoms with Crippen molar-refractivity contribution in [2.75, 3.05) is 6.54 Å². The van der Waals surface area contributed by atoms with Crippen LogP contribution in [0.3, 0.4) is 0 Å². The number of carbonyl (C=O) groups is 4. The molecule has 3 rings (SSSR count). The fourth-order valence-corrected chi connectivity index (χ4v) is 3.42. The van der Waals surface area contributed by atoms with Crippen molar-refractivity contribution in [3.8, 4) is 5.75 Å². The molecule has 0 aliphatic carbocycles. The minimum atomic E-state index is -0.770. The van der Waals surface area contributed by atoms with E-state index in [-0.39, 0.29) is 15.5 Å². The number of ether oxygens (including phenoxy) is 1. The van der Waals surface area contributed by atoms with Crippen LogP contribution in [0.1, 0.15) is 15.9 Å². The van der Waals surface area contributed by atoms with Gasteiger partial charge < -0.3 is 10.5 Å². The zero-order chi connectivity index (χ0) is 20.3. The number of hydrogen-bond acceptors (Lipinski definition) is 6. The molecule has 2 aromatic carbocycles. The molecule has 142 valence electrons. The molecule has 0 unspecified atom stereocenters. The Bertz CT molecular complexity index is 1000. The number of amides is 3. The van der Waals surface area contributed by atoms with E-state index >= 15 is 0 Å². The molecule has 9 heteroatoms. The van der Waals surface area contributed by atoms with Crippen LogP contribution in [0, 0.1) is 0 Å². The molecule has 1 aliphatic rings. The van der Waals surface area contributed by atoms with E-state index in [0.717, 1.165) is 16.7 Å². The van der Waals surface area contributed by atoms with Crippen LogP contribution in [0.15, 0.2) is 53.4 Å². The summed E-state index contributed by atoms with van der Waals surface area (Å²) < 4.78 is 5.28. The first kappa shape index (κ1) is 19.7. The van der Waals surface area contributed by atoms with Gasteiger partial charge in [-0.15, -0.1) is 0 Å². The van der Waals surface area contributed by atoms with E-state index in [1.54, 1.807) is 48.5 Å². The molecule has 1 fully saturated rings. The fourth-order valence-electron chi connectivity index (χ4n) is 2.36. The second-order valence-corrected chi connectivity index (χ2v) is 7.07. The lowest BCUT2D eigenvalue weighted by molar-refractivity contribution is -0.127. The molecule has 2 N–H and O–H groups in total. The van der Waals surface area contributed by atoms with Crippen LogP contribution < -0.4 is 10.5 Å². The number of benzene rings is 2. The van der Waals surface area contributed by atoms with Crippen LogP contribution in [0.25, 0.3) is 6.08 Å². The summed E-state index contributed by atoms with van der Waals surface area (Å²) in [4.78, 5) is 48.1. The second-order valence-electron chi connectivity index (χ2n) is 5.67. The molecule has 1 heterocycles. The summed E-state index contributed by atoms with van der Waals surface area (Å²) in [6.07, 6.45) is 1.51. The Kier molecular flexibility index (Phi) is 5.81. The lowest BCUT2D eigenvalue weighted by Crippen LogP contribution is -2.36. The number of rotatable bonds is 5. The Balaban J connectivity index is 1.71. The molecule has 1 aliphatic heterocycles. The van der Waals surface area contributed by atoms with Gasteiger partial charge in [-0.05, 0) is 47.7 Å². The molecule has 2 aromatic rings. The maximum Gasteiger partial charge on any atom is 0.345 e. The largest absolute Gasteiger partial charge is 0.423 e. The average molecular weight is 417 g/mol. The van der Waals surface area contributed by atoms with Gasteiger partial charge in [0.25, 0.3) is 11.1 Å². The first-order valence-electron chi connectivity index (χ1n) is 7.95. The molecular weight excluding hydrogens is 404 g/mol. The van der Waals surface area contributed by atoms with Gasteiger partial charge in [-0.1, -0.05) is 35.9 Å². The number of primary amides is 1. The van der Waals surface area contributed by atoms with E-state index in [1.165, 1.54) is 6.08 Å². The number of carbonyl (C=O) groups excluding carboxylic acids is 4. The number of halogens is 1. The van der Waals surface area contributed by atoms with Gasteiger partial charge in [0.05, 0.1) is 15.5 Å². The topological polar surface area (TPSA) is 107 Å². The molecular formula is C19H13ClN2O5S. The standard InChI is InChI=1S/C19H13ClN2O5S/c20-14-4-2-1-3-13(14)18(25)27-12-7-5-11(6-8-12)9-15-17(24)22(10-16(21)23)19(26)28-15/h1-9H,10H2,(H2,21,23)/b15-9-. The maximum atomic E-state index is 12.2. The fraction of sp³-hybridized carbons (Fsp3) is 0.0526. The second kappa shape index (κ2) is 8.28. The number of imide groups is 1. The first-order chi connectivity index (χ1) is 13.3. The van der Waals surface area contributed by atoms with Crippen molar-refractivity contribution in [2.24, 2.45) is 5.73 Å². The zero-order valence-electron chi connectivity index (χ0n) is 14.3. The van der Waals surface area contributed by atoms with Gasteiger partial charge in [0.2, 0.25) is 5.91 Å². The smallest absolute Gasteiger partial charge is 0.345 e. The van der Waals surface area contributed by atoms with Gasteiger partial charge in [0.15, 0.2) is 0 Å². The third kappa shape index (κ3) is 4.41. The highest BCUT2D eigenvalue weighted by molar-refractivity contribution is 8.18. The highest BCUT2D eigenvalue weighted by Crippen LogP contribution is 2.32. The number of nitrogens with zero attached hydrogens (tertiary/aromatic N) is 1. The van der Waals surface area contributed by atoms with Crippen molar-refractivity contribution in [3.05, 3.63) is 69.6 Å². The number of hydrogen-bond donors (Lipinski definition) is 1. The molecule has 3 amide bonds. The summed E-state index contributed by atoms with van der Waals surface area (Å²) >= 11 is 6.69. The summed E-state index contributed by atoms with van der Waals surface area (Å²) in [6.45, 7) is -0.459. The van der Waals surface area contributed by atoms with Crippen molar-refractivity contribution in [3.63, 3.8) is 0 Å². The van der Waals surface area contributed by atoms with E-state index in [4.69, 9.17) is 22.1 Å². The summed E-state index contributed by atoms with van der Waals surface area (Å²) in [5, 5.41) is -0.267. The van der Waals surface area contributed by atoms with Crippen LogP contribution >= 0.6 is 23.4 Å². The van der Waals surface area contributed by atoms with Gasteiger partial charge in [0.1, 0.15) is 12.3 Å². The average Bonchev–Trinajstić information content (AvgIpc) is 2.90. The van der Waals surface area contributed by atoms with Crippen molar-refractivity contribution >= 4 is 52.5 Å². The van der Waals surface area contributed by atoms with Crippen molar-refractivity contribution < 1.29 is 23.9 Å². The SMILES string of the molecule is NC(=O)CN1C(=O)S/C(=C\c2ccc(OC(=O)c3ccccc3Cl)cc2)C1=O. The van der Waals surface area contributed by atoms with Gasteiger partial charge in [-0.2, -0.15) is 0 Å². The molecule has 0 spiro atoms. The first-order valence-corrected chi connectivity index (χ1v) is 9.15. The van der Waals surface area contributed by atoms with E-state index < -0.39 is 29.6 Å². The summed E-state index contributed by atoms with van der Waals surface area (Å²) in [6, 6.07) is 12.9. The predicted molar refractivity (Wildman–Crippen MR) is 105 cm³/mol. The lowest BCUT2D eigenvalue weighted by Gasteiger charge is -2.08. The van der Waals surface area contributed by atoms with Gasteiger partial charge >= 0.3 is 5.97 Å². The Morgan fingerprint density at radius 2 is 1.79 bits per heavy atom. The van der Waals surface area contributed by atoms with Crippen LogP contribution in [0.4, 0.5) is 4.79 Å². The van der Waals surface area contributed by atoms with Gasteiger partial charge in [-0.3, -0.25) is 19.3 Å². The monoisotopic (exact) mass is 416 g/mol. The van der Waals surface area contributed by atoms with E-state index in [9.17, 15) is 19.2 Å². The quantitative estimate of drug-likeness (QED) is 0.456. The summed E-state index contributed by atoms with van der Waals surface area (Å²) in [5.74, 6) is -1.65. The molecule has 1 saturated heterocycles. The molecule has 0 saturated carbocycles. The summed E-state index contributed by atoms with van der Waals surface area (Å²) in [7, 11) is 0. The Morgan fingerprint density at radius 1 is 1.11 bits per heavy atom. The zero-order valence-corrected chi connectivity index (χ0v) is 15.8. The normalized spacial score (nSPS) is 15.2. The van der Waals surface area contributed by atoms with Crippen molar-refractivity contribution in [1.29, 1.82) is 0 Å². The van der Waals surface area contributed by atoms with Gasteiger partial charge in [-0.25, -0.2) is 4.79 Å². The Labute approximate surface area is 169 Å². The van der Waals surface area contributed by atoms with Crippen LogP contribution in [-0.4, -0.2) is 34.5 Å². The number of esters is 1.